The van der Waals surface area contributed by atoms with Crippen molar-refractivity contribution in [2.45, 2.75) is 10.9 Å². The molecule has 0 saturated carbocycles. The average Bonchev–Trinajstić information content (AvgIpc) is 3.17. The second-order valence-corrected chi connectivity index (χ2v) is 14.1. The Balaban J connectivity index is 0.000000179. The van der Waals surface area contributed by atoms with Crippen LogP contribution >= 0.6 is 0 Å². The molecule has 1 fully saturated rings. The molecule has 7 rings (SSSR count). The zero-order valence-electron chi connectivity index (χ0n) is 28.4. The molecule has 260 valence electrons. The molecule has 1 amide bonds. The Labute approximate surface area is 299 Å². The first kappa shape index (κ1) is 35.3. The van der Waals surface area contributed by atoms with Crippen LogP contribution in [-0.4, -0.2) is 78.3 Å². The van der Waals surface area contributed by atoms with Crippen molar-refractivity contribution in [2.75, 3.05) is 45.1 Å². The summed E-state index contributed by atoms with van der Waals surface area (Å²) in [6, 6.07) is 43.6. The molecule has 0 unspecified atom stereocenters. The van der Waals surface area contributed by atoms with Crippen LogP contribution in [0.5, 0.6) is 0 Å². The number of nitrogens with zero attached hydrogens (tertiary/aromatic N) is 4. The van der Waals surface area contributed by atoms with Crippen LogP contribution in [0.15, 0.2) is 156 Å². The molecule has 4 aromatic carbocycles. The number of amides is 1. The first-order valence-corrected chi connectivity index (χ1v) is 18.3. The summed E-state index contributed by atoms with van der Waals surface area (Å²) in [5, 5.41) is 12.8. The minimum Gasteiger partial charge on any atom is -0.505 e. The fraction of sp³-hybridized carbons (Fsp3) is 0.171. The molecule has 2 N–H and O–H groups in total. The number of pyridine rings is 1. The number of sulfonamides is 1. The number of carbonyl (C=O) groups excluding carboxylic acids is 1. The van der Waals surface area contributed by atoms with Crippen LogP contribution < -0.4 is 5.32 Å². The summed E-state index contributed by atoms with van der Waals surface area (Å²) in [4.78, 5) is 21.5. The van der Waals surface area contributed by atoms with Crippen molar-refractivity contribution in [3.05, 3.63) is 174 Å². The number of carbonyl (C=O) groups is 1. The minimum atomic E-state index is -3.91. The van der Waals surface area contributed by atoms with Crippen molar-refractivity contribution < 1.29 is 18.3 Å². The van der Waals surface area contributed by atoms with Gasteiger partial charge >= 0.3 is 0 Å². The fourth-order valence-corrected chi connectivity index (χ4v) is 7.68. The third-order valence-electron chi connectivity index (χ3n) is 8.92. The Kier molecular flexibility index (Phi) is 11.4. The summed E-state index contributed by atoms with van der Waals surface area (Å²) in [7, 11) is -2.69. The highest BCUT2D eigenvalue weighted by atomic mass is 32.2. The number of piperazine rings is 1. The number of hydrogen-bond acceptors (Lipinski definition) is 7. The summed E-state index contributed by atoms with van der Waals surface area (Å²) in [6.45, 7) is 5.41. The summed E-state index contributed by atoms with van der Waals surface area (Å²) in [5.41, 5.74) is 3.78. The summed E-state index contributed by atoms with van der Waals surface area (Å²) >= 11 is 0. The van der Waals surface area contributed by atoms with Crippen molar-refractivity contribution in [3.63, 3.8) is 0 Å². The zero-order chi connectivity index (χ0) is 35.6. The van der Waals surface area contributed by atoms with Gasteiger partial charge in [0.2, 0.25) is 0 Å². The fourth-order valence-electron chi connectivity index (χ4n) is 6.29. The lowest BCUT2D eigenvalue weighted by Gasteiger charge is -2.39. The molecule has 2 aliphatic rings. The van der Waals surface area contributed by atoms with E-state index in [1.54, 1.807) is 30.3 Å². The lowest BCUT2D eigenvalue weighted by molar-refractivity contribution is -0.113. The molecule has 0 bridgehead atoms. The maximum Gasteiger partial charge on any atom is 0.277 e. The van der Waals surface area contributed by atoms with Gasteiger partial charge in [-0.2, -0.15) is 0 Å². The van der Waals surface area contributed by atoms with Gasteiger partial charge < -0.3 is 10.4 Å². The third-order valence-corrected chi connectivity index (χ3v) is 10.7. The van der Waals surface area contributed by atoms with E-state index in [0.717, 1.165) is 37.0 Å². The van der Waals surface area contributed by atoms with E-state index >= 15 is 0 Å². The number of hydrogen-bond donors (Lipinski definition) is 2. The molecular weight excluding hydrogens is 659 g/mol. The van der Waals surface area contributed by atoms with E-state index in [-0.39, 0.29) is 22.0 Å². The van der Waals surface area contributed by atoms with Gasteiger partial charge in [-0.3, -0.25) is 18.9 Å². The molecule has 0 radical (unpaired) electrons. The second-order valence-electron chi connectivity index (χ2n) is 12.2. The first-order chi connectivity index (χ1) is 24.8. The van der Waals surface area contributed by atoms with Crippen molar-refractivity contribution in [1.82, 2.24) is 19.1 Å². The van der Waals surface area contributed by atoms with Crippen LogP contribution in [0.3, 0.4) is 0 Å². The monoisotopic (exact) mass is 699 g/mol. The minimum absolute atomic E-state index is 0.0469. The summed E-state index contributed by atoms with van der Waals surface area (Å²) in [5.74, 6) is -0.907. The predicted octanol–water partition coefficient (Wildman–Crippen LogP) is 6.69. The normalized spacial score (nSPS) is 16.0. The van der Waals surface area contributed by atoms with Crippen molar-refractivity contribution in [1.29, 1.82) is 0 Å². The number of nitrogens with one attached hydrogen (secondary N) is 1. The number of aliphatic hydroxyl groups excluding tert-OH is 1. The largest absolute Gasteiger partial charge is 0.505 e. The smallest absolute Gasteiger partial charge is 0.277 e. The van der Waals surface area contributed by atoms with Crippen LogP contribution in [0, 0.1) is 0 Å². The van der Waals surface area contributed by atoms with E-state index in [0.29, 0.717) is 6.04 Å². The second kappa shape index (κ2) is 16.4. The van der Waals surface area contributed by atoms with Gasteiger partial charge in [0.05, 0.1) is 10.9 Å². The van der Waals surface area contributed by atoms with E-state index in [1.165, 1.54) is 42.1 Å². The highest BCUT2D eigenvalue weighted by Gasteiger charge is 2.37. The Morgan fingerprint density at radius 2 is 1.35 bits per heavy atom. The van der Waals surface area contributed by atoms with E-state index in [4.69, 9.17) is 0 Å². The highest BCUT2D eigenvalue weighted by Crippen LogP contribution is 2.35. The van der Waals surface area contributed by atoms with Gasteiger partial charge in [-0.05, 0) is 41.0 Å². The maximum atomic E-state index is 12.5. The maximum absolute atomic E-state index is 12.5. The summed E-state index contributed by atoms with van der Waals surface area (Å²) < 4.78 is 25.8. The Hall–Kier alpha value is -5.55. The van der Waals surface area contributed by atoms with Gasteiger partial charge in [0, 0.05) is 51.5 Å². The predicted molar refractivity (Wildman–Crippen MR) is 202 cm³/mol. The molecule has 0 spiro atoms. The van der Waals surface area contributed by atoms with E-state index < -0.39 is 21.7 Å². The number of fused-ring (bicyclic) bond motifs is 1. The quantitative estimate of drug-likeness (QED) is 0.186. The summed E-state index contributed by atoms with van der Waals surface area (Å²) in [6.07, 6.45) is 6.00. The molecule has 2 aliphatic heterocycles. The third kappa shape index (κ3) is 8.43. The zero-order valence-corrected chi connectivity index (χ0v) is 29.2. The van der Waals surface area contributed by atoms with Crippen LogP contribution in [-0.2, 0) is 14.8 Å². The highest BCUT2D eigenvalue weighted by molar-refractivity contribution is 7.89. The van der Waals surface area contributed by atoms with Crippen molar-refractivity contribution in [3.8, 4) is 0 Å². The Bertz CT molecular complexity index is 2030. The number of anilines is 1. The van der Waals surface area contributed by atoms with Gasteiger partial charge in [-0.1, -0.05) is 121 Å². The van der Waals surface area contributed by atoms with Crippen molar-refractivity contribution in [2.24, 2.45) is 0 Å². The Morgan fingerprint density at radius 3 is 1.96 bits per heavy atom. The Morgan fingerprint density at radius 1 is 0.784 bits per heavy atom. The van der Waals surface area contributed by atoms with Crippen LogP contribution in [0.1, 0.15) is 28.3 Å². The topological polar surface area (TPSA) is 106 Å². The standard InChI is InChI=1S/C26H28N2.C15H13N3O4S/c1-4-11-23(12-5-1)13-10-18-27-19-21-28(22-20-27)26(24-14-6-2-7-15-24)25-16-8-3-9-17-25;1-18-13(15(20)17-12-8-4-5-9-16-12)14(19)10-6-2-3-7-11(10)23(18,21)22/h1-17,26H,18-22H2;2-9,19H,1H3,(H,16,17,20)/b13-10+;. The molecular formula is C41H41N5O4S. The SMILES string of the molecule is C(=C\c1ccccc1)/CN1CCN(C(c2ccccc2)c2ccccc2)CC1.CN1C(C(=O)Nc2ccccn2)=C(O)c2ccccc2S1(=O)=O. The average molecular weight is 700 g/mol. The lowest BCUT2D eigenvalue weighted by Crippen LogP contribution is -2.47. The van der Waals surface area contributed by atoms with Gasteiger partial charge in [0.15, 0.2) is 11.5 Å². The molecule has 1 saturated heterocycles. The number of likely N-dealkylation sites (N-methyl/N-ethyl adjacent to an activating group) is 1. The molecule has 0 aliphatic carbocycles. The van der Waals surface area contributed by atoms with Gasteiger partial charge in [-0.25, -0.2) is 13.4 Å². The molecule has 0 atom stereocenters. The van der Waals surface area contributed by atoms with Gasteiger partial charge in [0.1, 0.15) is 5.82 Å². The van der Waals surface area contributed by atoms with Crippen molar-refractivity contribution >= 4 is 33.6 Å². The number of aliphatic hydroxyl groups is 1. The van der Waals surface area contributed by atoms with Crippen LogP contribution in [0.25, 0.3) is 11.8 Å². The number of rotatable bonds is 8. The molecule has 3 heterocycles. The number of benzene rings is 4. The molecule has 51 heavy (non-hydrogen) atoms. The molecule has 5 aromatic rings. The first-order valence-electron chi connectivity index (χ1n) is 16.8. The number of aromatic nitrogens is 1. The lowest BCUT2D eigenvalue weighted by atomic mass is 9.96. The van der Waals surface area contributed by atoms with Gasteiger partial charge in [-0.15, -0.1) is 0 Å². The van der Waals surface area contributed by atoms with E-state index in [9.17, 15) is 18.3 Å². The molecule has 9 nitrogen and oxygen atoms in total. The van der Waals surface area contributed by atoms with E-state index in [2.05, 4.69) is 123 Å². The van der Waals surface area contributed by atoms with Gasteiger partial charge in [0.25, 0.3) is 15.9 Å². The molecule has 1 aromatic heterocycles. The van der Waals surface area contributed by atoms with Crippen LogP contribution in [0.4, 0.5) is 5.82 Å². The molecule has 10 heteroatoms. The van der Waals surface area contributed by atoms with Crippen LogP contribution in [0.2, 0.25) is 0 Å². The van der Waals surface area contributed by atoms with E-state index in [1.807, 2.05) is 0 Å².